The molecule has 0 saturated heterocycles. The Hall–Kier alpha value is 1.48. The van der Waals surface area contributed by atoms with E-state index >= 15 is 0 Å². The van der Waals surface area contributed by atoms with Crippen molar-refractivity contribution in [2.24, 2.45) is 0 Å². The van der Waals surface area contributed by atoms with Gasteiger partial charge in [-0.3, -0.25) is 0 Å². The topological polar surface area (TPSA) is 0 Å². The first-order valence-corrected chi connectivity index (χ1v) is 16.7. The summed E-state index contributed by atoms with van der Waals surface area (Å²) >= 11 is 7.92. The molecule has 0 aromatic carbocycles. The van der Waals surface area contributed by atoms with Gasteiger partial charge in [-0.2, -0.15) is 0 Å². The first-order valence-electron chi connectivity index (χ1n) is 6.30. The van der Waals surface area contributed by atoms with Crippen LogP contribution in [0.3, 0.4) is 0 Å². The Morgan fingerprint density at radius 1 is 0.667 bits per heavy atom. The number of unbranched alkanes of at least 4 members (excludes halogenated alkanes) is 6. The van der Waals surface area contributed by atoms with Gasteiger partial charge in [0.1, 0.15) is 0 Å². The van der Waals surface area contributed by atoms with Crippen LogP contribution >= 0.6 is 28.2 Å². The number of rotatable bonds is 10. The Kier molecular flexibility index (Phi) is 11.7. The van der Waals surface area contributed by atoms with Crippen molar-refractivity contribution in [3.63, 3.8) is 0 Å². The van der Waals surface area contributed by atoms with E-state index in [0.29, 0.717) is 0 Å². The summed E-state index contributed by atoms with van der Waals surface area (Å²) in [5.41, 5.74) is 0. The zero-order valence-electron chi connectivity index (χ0n) is 10.2. The van der Waals surface area contributed by atoms with E-state index in [1.807, 2.05) is 0 Å². The molecule has 0 bridgehead atoms. The van der Waals surface area contributed by atoms with E-state index in [1.54, 1.807) is 0 Å². The zero-order chi connectivity index (χ0) is 11.6. The van der Waals surface area contributed by atoms with Crippen LogP contribution in [0.2, 0.25) is 10.6 Å². The first kappa shape index (κ1) is 16.5. The number of hydrogen-bond acceptors (Lipinski definition) is 0. The van der Waals surface area contributed by atoms with Crippen molar-refractivity contribution in [3.05, 3.63) is 0 Å². The molecular weight excluding hydrogens is 383 g/mol. The van der Waals surface area contributed by atoms with Crippen LogP contribution in [0.4, 0.5) is 0 Å². The van der Waals surface area contributed by atoms with E-state index in [0.717, 1.165) is 0 Å². The molecule has 0 aliphatic heterocycles. The molecule has 0 unspecified atom stereocenters. The molecule has 0 radical (unpaired) electrons. The van der Waals surface area contributed by atoms with E-state index < -0.39 is 9.23 Å². The van der Waals surface area contributed by atoms with E-state index in [1.165, 1.54) is 62.0 Å². The fraction of sp³-hybridized carbons (Fsp3) is 1.00. The number of halogens is 2. The predicted molar refractivity (Wildman–Crippen MR) is 81.5 cm³/mol. The minimum absolute atomic E-state index is 1.34. The first-order chi connectivity index (χ1) is 7.12. The third kappa shape index (κ3) is 11.7. The molecule has 0 aromatic rings. The van der Waals surface area contributed by atoms with Crippen LogP contribution < -0.4 is 0 Å². The van der Waals surface area contributed by atoms with Crippen molar-refractivity contribution in [2.75, 3.05) is 0 Å². The normalized spacial score (nSPS) is 13.1. The van der Waals surface area contributed by atoms with Crippen molar-refractivity contribution < 1.29 is 0 Å². The van der Waals surface area contributed by atoms with Gasteiger partial charge >= 0.3 is 113 Å². The van der Waals surface area contributed by atoms with Gasteiger partial charge in [-0.15, -0.1) is 0 Å². The van der Waals surface area contributed by atoms with Crippen molar-refractivity contribution in [3.8, 4) is 0 Å². The maximum absolute atomic E-state index is 3.96. The molecule has 0 aromatic heterocycles. The molecule has 0 saturated carbocycles. The third-order valence-corrected chi connectivity index (χ3v) is 13.0. The SMILES string of the molecule is CCCCCC[Se](Br)(Br)CCCCCC. The second kappa shape index (κ2) is 10.6. The summed E-state index contributed by atoms with van der Waals surface area (Å²) in [4.78, 5) is 0. The molecule has 0 amide bonds. The molecule has 0 N–H and O–H groups in total. The van der Waals surface area contributed by atoms with E-state index in [-0.39, 0.29) is 0 Å². The van der Waals surface area contributed by atoms with Gasteiger partial charge in [0, 0.05) is 0 Å². The van der Waals surface area contributed by atoms with Crippen LogP contribution in [0.1, 0.15) is 65.2 Å². The Bertz CT molecular complexity index is 124. The molecule has 94 valence electrons. The fourth-order valence-corrected chi connectivity index (χ4v) is 9.40. The summed E-state index contributed by atoms with van der Waals surface area (Å²) in [7, 11) is -1.35. The van der Waals surface area contributed by atoms with Gasteiger partial charge in [0.25, 0.3) is 0 Å². The summed E-state index contributed by atoms with van der Waals surface area (Å²) in [5, 5.41) is 2.84. The second-order valence-electron chi connectivity index (χ2n) is 4.23. The van der Waals surface area contributed by atoms with Crippen LogP contribution in [-0.4, -0.2) is 9.23 Å². The van der Waals surface area contributed by atoms with Crippen LogP contribution in [0.25, 0.3) is 0 Å². The molecule has 15 heavy (non-hydrogen) atoms. The maximum atomic E-state index is 3.96. The van der Waals surface area contributed by atoms with E-state index in [4.69, 9.17) is 0 Å². The molecule has 0 heterocycles. The predicted octanol–water partition coefficient (Wildman–Crippen LogP) is 6.38. The minimum atomic E-state index is -1.35. The standard InChI is InChI=1S/C12H26Br2Se/c1-3-5-7-9-11-15(13,14)12-10-8-6-4-2/h3-12H2,1-2H3. The quantitative estimate of drug-likeness (QED) is 0.290. The van der Waals surface area contributed by atoms with Gasteiger partial charge in [-0.25, -0.2) is 0 Å². The Labute approximate surface area is 113 Å². The van der Waals surface area contributed by atoms with E-state index in [9.17, 15) is 0 Å². The molecule has 0 fully saturated rings. The molecule has 3 heteroatoms. The molecule has 0 nitrogen and oxygen atoms in total. The summed E-state index contributed by atoms with van der Waals surface area (Å²) in [6, 6.07) is 0. The van der Waals surface area contributed by atoms with Crippen LogP contribution in [-0.2, 0) is 0 Å². The van der Waals surface area contributed by atoms with Crippen LogP contribution in [0.15, 0.2) is 0 Å². The number of hydrogen-bond donors (Lipinski definition) is 0. The average molecular weight is 409 g/mol. The molecule has 0 aliphatic carbocycles. The van der Waals surface area contributed by atoms with Gasteiger partial charge in [-0.1, -0.05) is 0 Å². The van der Waals surface area contributed by atoms with Gasteiger partial charge in [0.15, 0.2) is 0 Å². The average Bonchev–Trinajstić information content (AvgIpc) is 2.20. The Morgan fingerprint density at radius 3 is 1.40 bits per heavy atom. The molecular formula is C12H26Br2Se. The van der Waals surface area contributed by atoms with Gasteiger partial charge in [-0.05, 0) is 0 Å². The Balaban J connectivity index is 3.40. The van der Waals surface area contributed by atoms with E-state index in [2.05, 4.69) is 42.1 Å². The van der Waals surface area contributed by atoms with Crippen molar-refractivity contribution >= 4 is 37.4 Å². The van der Waals surface area contributed by atoms with Crippen molar-refractivity contribution in [1.82, 2.24) is 0 Å². The summed E-state index contributed by atoms with van der Waals surface area (Å²) in [5.74, 6) is 0. The summed E-state index contributed by atoms with van der Waals surface area (Å²) < 4.78 is 0. The van der Waals surface area contributed by atoms with Crippen LogP contribution in [0, 0.1) is 0 Å². The zero-order valence-corrected chi connectivity index (χ0v) is 15.1. The molecule has 0 aliphatic rings. The third-order valence-electron chi connectivity index (χ3n) is 2.59. The summed E-state index contributed by atoms with van der Waals surface area (Å²) in [6.45, 7) is 4.55. The van der Waals surface area contributed by atoms with Gasteiger partial charge < -0.3 is 0 Å². The second-order valence-corrected chi connectivity index (χ2v) is 26.3. The fourth-order valence-electron chi connectivity index (χ4n) is 1.58. The van der Waals surface area contributed by atoms with Crippen molar-refractivity contribution in [1.29, 1.82) is 0 Å². The molecule has 0 spiro atoms. The Morgan fingerprint density at radius 2 is 1.07 bits per heavy atom. The van der Waals surface area contributed by atoms with Crippen LogP contribution in [0.5, 0.6) is 0 Å². The summed E-state index contributed by atoms with van der Waals surface area (Å²) in [6.07, 6.45) is 11.2. The van der Waals surface area contributed by atoms with Gasteiger partial charge in [0.2, 0.25) is 0 Å². The van der Waals surface area contributed by atoms with Gasteiger partial charge in [0.05, 0.1) is 0 Å². The van der Waals surface area contributed by atoms with Crippen molar-refractivity contribution in [2.45, 2.75) is 75.9 Å². The molecule has 0 atom stereocenters. The molecule has 0 rings (SSSR count). The monoisotopic (exact) mass is 408 g/mol.